The number of primary amides is 1. The Bertz CT molecular complexity index is 1210. The molecule has 46 heavy (non-hydrogen) atoms. The Labute approximate surface area is 264 Å². The molecule has 21 heteroatoms. The van der Waals surface area contributed by atoms with Crippen molar-refractivity contribution in [1.82, 2.24) is 42.5 Å². The number of urea groups is 1. The number of nitrogens with zero attached hydrogens (tertiary/aromatic N) is 1. The molecule has 2 heterocycles. The first-order valence-electron chi connectivity index (χ1n) is 14.5. The van der Waals surface area contributed by atoms with Gasteiger partial charge in [0.1, 0.15) is 29.9 Å². The van der Waals surface area contributed by atoms with Crippen molar-refractivity contribution in [3.8, 4) is 0 Å². The molecule has 7 atom stereocenters. The van der Waals surface area contributed by atoms with Crippen LogP contribution in [0.3, 0.4) is 0 Å². The monoisotopic (exact) mass is 652 g/mol. The number of carbonyl (C=O) groups excluding carboxylic acids is 7. The van der Waals surface area contributed by atoms with Crippen molar-refractivity contribution in [1.29, 1.82) is 0 Å². The van der Waals surface area contributed by atoms with E-state index in [4.69, 9.17) is 28.7 Å². The molecule has 0 spiro atoms. The lowest BCUT2D eigenvalue weighted by Gasteiger charge is -2.31. The molecule has 2 aliphatic heterocycles. The lowest BCUT2D eigenvalue weighted by Crippen LogP contribution is -2.64. The molecule has 0 aromatic carbocycles. The highest BCUT2D eigenvalue weighted by Gasteiger charge is 2.35. The molecular formula is C25H44N14O7. The summed E-state index contributed by atoms with van der Waals surface area (Å²) >= 11 is 0. The molecule has 21 nitrogen and oxygen atoms in total. The van der Waals surface area contributed by atoms with Gasteiger partial charge in [-0.3, -0.25) is 44.8 Å². The van der Waals surface area contributed by atoms with Gasteiger partial charge in [-0.1, -0.05) is 0 Å². The SMILES string of the molecule is C[C@H]1NC(=O)C(N)CNC(=O)C(C2CC=NC(N)N2)NC(=O)C(=CNC(N)=O)NC(=O)[C@@H](CNC(=O)C[C@H](N)CCCN)NC1=O. The Morgan fingerprint density at radius 2 is 1.78 bits per heavy atom. The molecule has 0 bridgehead atoms. The molecule has 256 valence electrons. The van der Waals surface area contributed by atoms with E-state index in [9.17, 15) is 33.6 Å². The van der Waals surface area contributed by atoms with Crippen LogP contribution < -0.4 is 71.2 Å². The van der Waals surface area contributed by atoms with E-state index >= 15 is 0 Å². The molecule has 2 rings (SSSR count). The van der Waals surface area contributed by atoms with Crippen LogP contribution in [-0.4, -0.2) is 110 Å². The number of hydrogen-bond acceptors (Lipinski definition) is 13. The van der Waals surface area contributed by atoms with Crippen molar-refractivity contribution < 1.29 is 33.6 Å². The van der Waals surface area contributed by atoms with E-state index in [1.807, 2.05) is 0 Å². The van der Waals surface area contributed by atoms with E-state index in [-0.39, 0.29) is 19.4 Å². The van der Waals surface area contributed by atoms with Gasteiger partial charge in [-0.15, -0.1) is 0 Å². The van der Waals surface area contributed by atoms with Crippen LogP contribution >= 0.6 is 0 Å². The van der Waals surface area contributed by atoms with Gasteiger partial charge in [-0.25, -0.2) is 4.79 Å². The van der Waals surface area contributed by atoms with Gasteiger partial charge in [0.05, 0.1) is 0 Å². The maximum Gasteiger partial charge on any atom is 0.316 e. The molecular weight excluding hydrogens is 608 g/mol. The van der Waals surface area contributed by atoms with E-state index in [0.29, 0.717) is 19.4 Å². The molecule has 4 unspecified atom stereocenters. The summed E-state index contributed by atoms with van der Waals surface area (Å²) in [6, 6.07) is -7.83. The predicted molar refractivity (Wildman–Crippen MR) is 163 cm³/mol. The molecule has 8 amide bonds. The summed E-state index contributed by atoms with van der Waals surface area (Å²) in [5.74, 6) is -5.06. The summed E-state index contributed by atoms with van der Waals surface area (Å²) in [7, 11) is 0. The van der Waals surface area contributed by atoms with Gasteiger partial charge in [0, 0.05) is 50.4 Å². The third-order valence-corrected chi connectivity index (χ3v) is 6.79. The number of amides is 8. The number of rotatable bonds is 9. The maximum atomic E-state index is 13.4. The number of carbonyl (C=O) groups is 7. The summed E-state index contributed by atoms with van der Waals surface area (Å²) in [6.07, 6.45) is 2.44. The highest BCUT2D eigenvalue weighted by atomic mass is 16.2. The predicted octanol–water partition coefficient (Wildman–Crippen LogP) is -7.21. The van der Waals surface area contributed by atoms with Gasteiger partial charge in [0.2, 0.25) is 29.5 Å². The Morgan fingerprint density at radius 3 is 2.43 bits per heavy atom. The third kappa shape index (κ3) is 12.4. The van der Waals surface area contributed by atoms with Gasteiger partial charge >= 0.3 is 6.03 Å². The van der Waals surface area contributed by atoms with Gasteiger partial charge in [-0.2, -0.15) is 0 Å². The molecule has 18 N–H and O–H groups in total. The third-order valence-electron chi connectivity index (χ3n) is 6.79. The fourth-order valence-electron chi connectivity index (χ4n) is 4.25. The summed E-state index contributed by atoms with van der Waals surface area (Å²) < 4.78 is 0. The summed E-state index contributed by atoms with van der Waals surface area (Å²) in [5, 5.41) is 19.4. The molecule has 0 aromatic rings. The van der Waals surface area contributed by atoms with Crippen LogP contribution in [0.1, 0.15) is 32.6 Å². The van der Waals surface area contributed by atoms with E-state index < -0.39 is 96.3 Å². The zero-order valence-electron chi connectivity index (χ0n) is 25.3. The Hall–Kier alpha value is -4.70. The van der Waals surface area contributed by atoms with Gasteiger partial charge in [-0.05, 0) is 26.3 Å². The Balaban J connectivity index is 2.42. The molecule has 0 saturated carbocycles. The molecule has 0 aromatic heterocycles. The fourth-order valence-corrected chi connectivity index (χ4v) is 4.25. The van der Waals surface area contributed by atoms with Crippen LogP contribution in [0.25, 0.3) is 0 Å². The quantitative estimate of drug-likeness (QED) is 0.103. The standard InChI is InChI=1S/C25H44N14O7/c1-11-19(41)36-15(9-32-17(40)7-12(27)3-2-5-26)21(43)37-16(10-34-25(30)46)22(44)39-18(14-4-6-31-24(29)38-14)23(45)33-8-13(28)20(42)35-11/h6,10-15,18,24,38H,2-5,7-9,26-29H2,1H3,(H,32,40)(H,33,45)(H,35,42)(H,36,41)(H,37,43)(H,39,44)(H3,30,34,46)/t11-,12-,13?,14?,15-,18?,24?/m1/s1. The van der Waals surface area contributed by atoms with Gasteiger partial charge < -0.3 is 60.2 Å². The molecule has 0 radical (unpaired) electrons. The molecule has 1 saturated heterocycles. The maximum absolute atomic E-state index is 13.4. The van der Waals surface area contributed by atoms with Crippen LogP contribution in [0, 0.1) is 0 Å². The minimum absolute atomic E-state index is 0.101. The second-order valence-electron chi connectivity index (χ2n) is 10.6. The normalized spacial score (nSPS) is 28.2. The van der Waals surface area contributed by atoms with Crippen LogP contribution in [-0.2, 0) is 28.8 Å². The molecule has 2 aliphatic rings. The molecule has 1 fully saturated rings. The fraction of sp³-hybridized carbons (Fsp3) is 0.600. The van der Waals surface area contributed by atoms with Crippen molar-refractivity contribution in [2.24, 2.45) is 33.7 Å². The van der Waals surface area contributed by atoms with E-state index in [2.05, 4.69) is 47.5 Å². The van der Waals surface area contributed by atoms with Crippen molar-refractivity contribution >= 4 is 47.7 Å². The van der Waals surface area contributed by atoms with Crippen LogP contribution in [0.4, 0.5) is 4.79 Å². The van der Waals surface area contributed by atoms with Crippen LogP contribution in [0.2, 0.25) is 0 Å². The minimum Gasteiger partial charge on any atom is -0.353 e. The number of hydrogen-bond donors (Lipinski definition) is 13. The number of nitrogens with one attached hydrogen (secondary N) is 8. The zero-order valence-corrected chi connectivity index (χ0v) is 25.3. The average Bonchev–Trinajstić information content (AvgIpc) is 3.00. The van der Waals surface area contributed by atoms with Crippen molar-refractivity contribution in [3.05, 3.63) is 11.9 Å². The lowest BCUT2D eigenvalue weighted by atomic mass is 10.0. The lowest BCUT2D eigenvalue weighted by molar-refractivity contribution is -0.133. The van der Waals surface area contributed by atoms with Gasteiger partial charge in [0.15, 0.2) is 6.29 Å². The first kappa shape index (κ1) is 37.5. The van der Waals surface area contributed by atoms with Crippen molar-refractivity contribution in [2.75, 3.05) is 19.6 Å². The van der Waals surface area contributed by atoms with Crippen molar-refractivity contribution in [3.63, 3.8) is 0 Å². The number of nitrogens with two attached hydrogens (primary N) is 5. The van der Waals surface area contributed by atoms with Crippen molar-refractivity contribution in [2.45, 2.75) is 75.1 Å². The van der Waals surface area contributed by atoms with E-state index in [0.717, 1.165) is 6.20 Å². The number of aliphatic imine (C=N–C) groups is 1. The highest BCUT2D eigenvalue weighted by molar-refractivity contribution is 6.02. The smallest absolute Gasteiger partial charge is 0.316 e. The first-order chi connectivity index (χ1) is 21.7. The zero-order chi connectivity index (χ0) is 34.4. The van der Waals surface area contributed by atoms with E-state index in [1.54, 1.807) is 0 Å². The summed E-state index contributed by atoms with van der Waals surface area (Å²) in [5.41, 5.74) is 27.7. The Kier molecular flexibility index (Phi) is 14.9. The second kappa shape index (κ2) is 18.3. The summed E-state index contributed by atoms with van der Waals surface area (Å²) in [6.45, 7) is 0.855. The highest BCUT2D eigenvalue weighted by Crippen LogP contribution is 2.07. The molecule has 0 aliphatic carbocycles. The average molecular weight is 653 g/mol. The summed E-state index contributed by atoms with van der Waals surface area (Å²) in [4.78, 5) is 93.7. The van der Waals surface area contributed by atoms with Crippen LogP contribution in [0.5, 0.6) is 0 Å². The second-order valence-corrected chi connectivity index (χ2v) is 10.6. The largest absolute Gasteiger partial charge is 0.353 e. The van der Waals surface area contributed by atoms with E-state index in [1.165, 1.54) is 13.1 Å². The first-order valence-corrected chi connectivity index (χ1v) is 14.5. The van der Waals surface area contributed by atoms with Crippen LogP contribution in [0.15, 0.2) is 16.9 Å². The topological polar surface area (TPSA) is 358 Å². The minimum atomic E-state index is -1.52. The van der Waals surface area contributed by atoms with Gasteiger partial charge in [0.25, 0.3) is 5.91 Å². The Morgan fingerprint density at radius 1 is 1.07 bits per heavy atom.